The summed E-state index contributed by atoms with van der Waals surface area (Å²) < 4.78 is 10.4. The van der Waals surface area contributed by atoms with Crippen molar-refractivity contribution >= 4 is 12.1 Å². The molecule has 6 heteroatoms. The molecule has 1 aromatic carbocycles. The van der Waals surface area contributed by atoms with Crippen molar-refractivity contribution in [2.75, 3.05) is 19.7 Å². The average molecular weight is 318 g/mol. The van der Waals surface area contributed by atoms with Crippen LogP contribution in [0.3, 0.4) is 0 Å². The topological polar surface area (TPSA) is 67.9 Å². The average Bonchev–Trinajstić information content (AvgIpc) is 2.90. The van der Waals surface area contributed by atoms with Crippen molar-refractivity contribution in [3.8, 4) is 0 Å². The summed E-state index contributed by atoms with van der Waals surface area (Å²) in [6.45, 7) is 7.86. The van der Waals surface area contributed by atoms with Gasteiger partial charge in [0.15, 0.2) is 0 Å². The van der Waals surface area contributed by atoms with Crippen LogP contribution in [-0.2, 0) is 16.1 Å². The highest BCUT2D eigenvalue weighted by atomic mass is 16.6. The number of ether oxygens (including phenoxy) is 2. The van der Waals surface area contributed by atoms with Crippen LogP contribution in [-0.4, -0.2) is 42.7 Å². The number of piperazine rings is 1. The maximum absolute atomic E-state index is 12.4. The predicted molar refractivity (Wildman–Crippen MR) is 84.2 cm³/mol. The van der Waals surface area contributed by atoms with Gasteiger partial charge in [-0.2, -0.15) is 0 Å². The molecule has 0 bridgehead atoms. The first-order valence-electron chi connectivity index (χ1n) is 7.99. The van der Waals surface area contributed by atoms with E-state index in [1.54, 1.807) is 11.0 Å². The number of cyclic esters (lactones) is 1. The van der Waals surface area contributed by atoms with E-state index < -0.39 is 0 Å². The number of nitrogens with one attached hydrogen (secondary N) is 1. The van der Waals surface area contributed by atoms with Gasteiger partial charge in [0.05, 0.1) is 18.2 Å². The maximum Gasteiger partial charge on any atom is 0.410 e. The fourth-order valence-corrected chi connectivity index (χ4v) is 3.43. The van der Waals surface area contributed by atoms with Crippen molar-refractivity contribution in [1.82, 2.24) is 10.2 Å². The molecule has 1 saturated heterocycles. The third kappa shape index (κ3) is 2.67. The molecule has 2 aliphatic heterocycles. The zero-order valence-electron chi connectivity index (χ0n) is 13.7. The Hall–Kier alpha value is -2.08. The van der Waals surface area contributed by atoms with E-state index in [1.807, 2.05) is 26.8 Å². The van der Waals surface area contributed by atoms with Crippen molar-refractivity contribution in [3.63, 3.8) is 0 Å². The van der Waals surface area contributed by atoms with Crippen molar-refractivity contribution in [1.29, 1.82) is 0 Å². The van der Waals surface area contributed by atoms with E-state index in [9.17, 15) is 9.59 Å². The number of amides is 1. The first kappa shape index (κ1) is 15.8. The Balaban J connectivity index is 1.98. The van der Waals surface area contributed by atoms with E-state index in [0.717, 1.165) is 23.2 Å². The molecule has 1 N–H and O–H groups in total. The van der Waals surface area contributed by atoms with Gasteiger partial charge < -0.3 is 14.8 Å². The first-order valence-corrected chi connectivity index (χ1v) is 7.99. The van der Waals surface area contributed by atoms with Gasteiger partial charge in [-0.05, 0) is 38.0 Å². The van der Waals surface area contributed by atoms with Crippen LogP contribution < -0.4 is 5.32 Å². The summed E-state index contributed by atoms with van der Waals surface area (Å²) in [5.41, 5.74) is 3.61. The minimum Gasteiger partial charge on any atom is -0.457 e. The van der Waals surface area contributed by atoms with E-state index in [-0.39, 0.29) is 24.1 Å². The maximum atomic E-state index is 12.4. The van der Waals surface area contributed by atoms with E-state index in [2.05, 4.69) is 5.32 Å². The van der Waals surface area contributed by atoms with Gasteiger partial charge in [0, 0.05) is 24.7 Å². The molecule has 1 amide bonds. The van der Waals surface area contributed by atoms with Gasteiger partial charge in [-0.25, -0.2) is 9.59 Å². The van der Waals surface area contributed by atoms with E-state index in [1.165, 1.54) is 0 Å². The molecule has 1 aromatic rings. The Bertz CT molecular complexity index is 644. The Kier molecular flexibility index (Phi) is 4.26. The number of benzene rings is 1. The number of nitrogens with zero attached hydrogens (tertiary/aromatic N) is 1. The molecule has 124 valence electrons. The minimum atomic E-state index is -0.293. The molecule has 0 aliphatic carbocycles. The lowest BCUT2D eigenvalue weighted by Crippen LogP contribution is -2.54. The van der Waals surface area contributed by atoms with Gasteiger partial charge in [0.1, 0.15) is 6.61 Å². The van der Waals surface area contributed by atoms with Crippen LogP contribution in [0.25, 0.3) is 0 Å². The Morgan fingerprint density at radius 3 is 2.96 bits per heavy atom. The zero-order valence-corrected chi connectivity index (χ0v) is 13.7. The van der Waals surface area contributed by atoms with Gasteiger partial charge >= 0.3 is 12.1 Å². The molecule has 2 atom stereocenters. The second-order valence-electron chi connectivity index (χ2n) is 6.01. The van der Waals surface area contributed by atoms with Crippen LogP contribution in [0.4, 0.5) is 4.79 Å². The zero-order chi connectivity index (χ0) is 16.6. The van der Waals surface area contributed by atoms with Crippen LogP contribution in [0.15, 0.2) is 12.1 Å². The third-order valence-electron chi connectivity index (χ3n) is 4.63. The largest absolute Gasteiger partial charge is 0.457 e. The van der Waals surface area contributed by atoms with Gasteiger partial charge in [-0.3, -0.25) is 4.90 Å². The van der Waals surface area contributed by atoms with Crippen LogP contribution >= 0.6 is 0 Å². The number of hydrogen-bond acceptors (Lipinski definition) is 5. The molecule has 1 fully saturated rings. The van der Waals surface area contributed by atoms with Crippen molar-refractivity contribution in [2.45, 2.75) is 39.5 Å². The molecule has 0 aromatic heterocycles. The fraction of sp³-hybridized carbons (Fsp3) is 0.529. The minimum absolute atomic E-state index is 0.0401. The summed E-state index contributed by atoms with van der Waals surface area (Å²) in [6.07, 6.45) is -0.293. The fourth-order valence-electron chi connectivity index (χ4n) is 3.43. The highest BCUT2D eigenvalue weighted by molar-refractivity contribution is 5.94. The number of carbonyl (C=O) groups is 2. The lowest BCUT2D eigenvalue weighted by Gasteiger charge is -2.41. The van der Waals surface area contributed by atoms with Gasteiger partial charge in [0.25, 0.3) is 0 Å². The number of fused-ring (bicyclic) bond motifs is 1. The van der Waals surface area contributed by atoms with Gasteiger partial charge in [0.2, 0.25) is 0 Å². The van der Waals surface area contributed by atoms with Gasteiger partial charge in [-0.1, -0.05) is 6.07 Å². The van der Waals surface area contributed by atoms with Crippen LogP contribution in [0.5, 0.6) is 0 Å². The molecule has 3 rings (SSSR count). The molecule has 6 nitrogen and oxygen atoms in total. The predicted octanol–water partition coefficient (Wildman–Crippen LogP) is 2.16. The number of hydrogen-bond donors (Lipinski definition) is 1. The van der Waals surface area contributed by atoms with E-state index in [0.29, 0.717) is 25.3 Å². The van der Waals surface area contributed by atoms with Crippen LogP contribution in [0, 0.1) is 6.92 Å². The molecule has 0 spiro atoms. The second-order valence-corrected chi connectivity index (χ2v) is 6.01. The molecular weight excluding hydrogens is 296 g/mol. The summed E-state index contributed by atoms with van der Waals surface area (Å²) >= 11 is 0. The molecular formula is C17H22N2O4. The molecule has 2 heterocycles. The number of carbonyl (C=O) groups excluding carboxylic acids is 2. The normalized spacial score (nSPS) is 23.4. The standard InChI is InChI=1S/C17H22N2O4/c1-4-22-17(21)19-10(2)7-18-8-15(19)12-5-6-13-14(11(12)3)9-23-16(13)20/h5-6,10,15,18H,4,7-9H2,1-3H3/t10-,15-/m0/s1. The Labute approximate surface area is 135 Å². The Morgan fingerprint density at radius 1 is 1.43 bits per heavy atom. The monoisotopic (exact) mass is 318 g/mol. The summed E-state index contributed by atoms with van der Waals surface area (Å²) in [4.78, 5) is 25.9. The summed E-state index contributed by atoms with van der Waals surface area (Å²) in [5, 5.41) is 3.37. The number of rotatable bonds is 2. The molecule has 2 aliphatic rings. The third-order valence-corrected chi connectivity index (χ3v) is 4.63. The number of esters is 1. The van der Waals surface area contributed by atoms with Crippen molar-refractivity contribution in [3.05, 3.63) is 34.4 Å². The van der Waals surface area contributed by atoms with Crippen molar-refractivity contribution in [2.24, 2.45) is 0 Å². The van der Waals surface area contributed by atoms with E-state index >= 15 is 0 Å². The highest BCUT2D eigenvalue weighted by Crippen LogP contribution is 2.33. The summed E-state index contributed by atoms with van der Waals surface area (Å²) in [6, 6.07) is 3.66. The lowest BCUT2D eigenvalue weighted by molar-refractivity contribution is 0.0534. The highest BCUT2D eigenvalue weighted by Gasteiger charge is 2.36. The van der Waals surface area contributed by atoms with E-state index in [4.69, 9.17) is 9.47 Å². The lowest BCUT2D eigenvalue weighted by atomic mass is 9.92. The molecule has 0 saturated carbocycles. The smallest absolute Gasteiger partial charge is 0.410 e. The van der Waals surface area contributed by atoms with Gasteiger partial charge in [-0.15, -0.1) is 0 Å². The molecule has 0 unspecified atom stereocenters. The molecule has 0 radical (unpaired) electrons. The second kappa shape index (κ2) is 6.20. The Morgan fingerprint density at radius 2 is 2.22 bits per heavy atom. The SMILES string of the molecule is CCOC(=O)N1[C@@H](C)CNC[C@H]1c1ccc2c(c1C)COC2=O. The van der Waals surface area contributed by atoms with Crippen molar-refractivity contribution < 1.29 is 19.1 Å². The first-order chi connectivity index (χ1) is 11.0. The summed E-state index contributed by atoms with van der Waals surface area (Å²) in [5.74, 6) is -0.271. The van der Waals surface area contributed by atoms with Crippen LogP contribution in [0.2, 0.25) is 0 Å². The van der Waals surface area contributed by atoms with Crippen LogP contribution in [0.1, 0.15) is 46.9 Å². The summed E-state index contributed by atoms with van der Waals surface area (Å²) in [7, 11) is 0. The quantitative estimate of drug-likeness (QED) is 0.846. The molecule has 23 heavy (non-hydrogen) atoms.